The quantitative estimate of drug-likeness (QED) is 0.591. The predicted molar refractivity (Wildman–Crippen MR) is 87.0 cm³/mol. The van der Waals surface area contributed by atoms with Gasteiger partial charge in [-0.1, -0.05) is 69.9 Å². The molecule has 0 radical (unpaired) electrons. The highest BCUT2D eigenvalue weighted by molar-refractivity contribution is 5.19. The van der Waals surface area contributed by atoms with Crippen LogP contribution in [0, 0.1) is 0 Å². The maximum Gasteiger partial charge on any atom is 0.0973 e. The molecule has 114 valence electrons. The Bertz CT molecular complexity index is 325. The van der Waals surface area contributed by atoms with Crippen molar-refractivity contribution in [2.45, 2.75) is 64.5 Å². The van der Waals surface area contributed by atoms with Crippen LogP contribution in [0.5, 0.6) is 0 Å². The van der Waals surface area contributed by atoms with E-state index >= 15 is 0 Å². The van der Waals surface area contributed by atoms with Crippen LogP contribution in [0.3, 0.4) is 0 Å². The van der Waals surface area contributed by atoms with Crippen molar-refractivity contribution in [1.82, 2.24) is 5.32 Å². The Kier molecular flexibility index (Phi) is 9.35. The molecule has 0 aliphatic carbocycles. The monoisotopic (exact) mass is 277 g/mol. The molecule has 1 aromatic carbocycles. The molecule has 1 rings (SSSR count). The topological polar surface area (TPSA) is 21.3 Å². The molecule has 2 heteroatoms. The van der Waals surface area contributed by atoms with Gasteiger partial charge in [0.15, 0.2) is 0 Å². The highest BCUT2D eigenvalue weighted by Crippen LogP contribution is 2.24. The molecule has 2 unspecified atom stereocenters. The number of rotatable bonds is 11. The second-order valence-corrected chi connectivity index (χ2v) is 5.48. The van der Waals surface area contributed by atoms with Crippen LogP contribution in [-0.4, -0.2) is 19.7 Å². The molecule has 0 heterocycles. The fourth-order valence-corrected chi connectivity index (χ4v) is 2.66. The summed E-state index contributed by atoms with van der Waals surface area (Å²) in [5, 5.41) is 3.67. The van der Waals surface area contributed by atoms with Crippen LogP contribution in [0.2, 0.25) is 0 Å². The lowest BCUT2D eigenvalue weighted by molar-refractivity contribution is 0.0640. The molecule has 0 aliphatic heterocycles. The van der Waals surface area contributed by atoms with Crippen LogP contribution in [0.1, 0.15) is 64.0 Å². The first kappa shape index (κ1) is 17.2. The summed E-state index contributed by atoms with van der Waals surface area (Å²) in [6.07, 6.45) is 7.74. The summed E-state index contributed by atoms with van der Waals surface area (Å²) in [7, 11) is 1.82. The van der Waals surface area contributed by atoms with Gasteiger partial charge in [-0.05, 0) is 24.9 Å². The molecule has 0 saturated carbocycles. The summed E-state index contributed by atoms with van der Waals surface area (Å²) in [5.41, 5.74) is 1.28. The number of nitrogens with one attached hydrogen (secondary N) is 1. The Balaban J connectivity index is 2.62. The molecular weight excluding hydrogens is 246 g/mol. The average Bonchev–Trinajstić information content (AvgIpc) is 2.50. The van der Waals surface area contributed by atoms with Gasteiger partial charge in [0.1, 0.15) is 0 Å². The summed E-state index contributed by atoms with van der Waals surface area (Å²) in [6, 6.07) is 11.0. The number of hydrogen-bond donors (Lipinski definition) is 1. The first-order chi connectivity index (χ1) is 9.83. The van der Waals surface area contributed by atoms with Crippen molar-refractivity contribution in [2.24, 2.45) is 0 Å². The molecule has 1 aromatic rings. The Hall–Kier alpha value is -0.860. The van der Waals surface area contributed by atoms with E-state index in [0.29, 0.717) is 6.04 Å². The van der Waals surface area contributed by atoms with Crippen LogP contribution < -0.4 is 5.32 Å². The van der Waals surface area contributed by atoms with Crippen molar-refractivity contribution < 1.29 is 4.74 Å². The van der Waals surface area contributed by atoms with Gasteiger partial charge in [0.05, 0.1) is 6.10 Å². The molecule has 0 amide bonds. The van der Waals surface area contributed by atoms with Gasteiger partial charge in [-0.15, -0.1) is 0 Å². The van der Waals surface area contributed by atoms with E-state index in [1.54, 1.807) is 0 Å². The Morgan fingerprint density at radius 1 is 1.00 bits per heavy atom. The Morgan fingerprint density at radius 2 is 1.75 bits per heavy atom. The summed E-state index contributed by atoms with van der Waals surface area (Å²) in [5.74, 6) is 0. The van der Waals surface area contributed by atoms with E-state index in [2.05, 4.69) is 49.5 Å². The van der Waals surface area contributed by atoms with Gasteiger partial charge >= 0.3 is 0 Å². The minimum atomic E-state index is 0.157. The first-order valence-corrected chi connectivity index (χ1v) is 8.14. The highest BCUT2D eigenvalue weighted by atomic mass is 16.5. The van der Waals surface area contributed by atoms with Gasteiger partial charge < -0.3 is 10.1 Å². The van der Waals surface area contributed by atoms with Crippen molar-refractivity contribution in [3.63, 3.8) is 0 Å². The lowest BCUT2D eigenvalue weighted by atomic mass is 9.96. The van der Waals surface area contributed by atoms with Crippen molar-refractivity contribution in [1.29, 1.82) is 0 Å². The number of methoxy groups -OCH3 is 1. The average molecular weight is 277 g/mol. The number of benzene rings is 1. The zero-order valence-corrected chi connectivity index (χ0v) is 13.4. The third-order valence-corrected chi connectivity index (χ3v) is 3.77. The minimum Gasteiger partial charge on any atom is -0.375 e. The van der Waals surface area contributed by atoms with E-state index in [9.17, 15) is 0 Å². The van der Waals surface area contributed by atoms with Crippen LogP contribution in [0.25, 0.3) is 0 Å². The SMILES string of the molecule is CCCCCCC(NCCC)C(OC)c1ccccc1. The molecule has 0 bridgehead atoms. The van der Waals surface area contributed by atoms with Crippen LogP contribution in [0.4, 0.5) is 0 Å². The van der Waals surface area contributed by atoms with Crippen LogP contribution >= 0.6 is 0 Å². The third-order valence-electron chi connectivity index (χ3n) is 3.77. The van der Waals surface area contributed by atoms with Gasteiger partial charge in [-0.3, -0.25) is 0 Å². The molecule has 1 N–H and O–H groups in total. The fourth-order valence-electron chi connectivity index (χ4n) is 2.66. The largest absolute Gasteiger partial charge is 0.375 e. The van der Waals surface area contributed by atoms with Gasteiger partial charge in [0.2, 0.25) is 0 Å². The Morgan fingerprint density at radius 3 is 2.35 bits per heavy atom. The molecule has 2 atom stereocenters. The smallest absolute Gasteiger partial charge is 0.0973 e. The number of hydrogen-bond acceptors (Lipinski definition) is 2. The molecule has 0 saturated heterocycles. The number of ether oxygens (including phenoxy) is 1. The van der Waals surface area contributed by atoms with Crippen molar-refractivity contribution in [2.75, 3.05) is 13.7 Å². The highest BCUT2D eigenvalue weighted by Gasteiger charge is 2.21. The van der Waals surface area contributed by atoms with E-state index in [1.807, 2.05) is 7.11 Å². The van der Waals surface area contributed by atoms with Crippen LogP contribution in [-0.2, 0) is 4.74 Å². The zero-order valence-electron chi connectivity index (χ0n) is 13.4. The Labute approximate surface area is 124 Å². The summed E-state index contributed by atoms with van der Waals surface area (Å²) in [6.45, 7) is 5.53. The molecule has 0 spiro atoms. The summed E-state index contributed by atoms with van der Waals surface area (Å²) < 4.78 is 5.79. The fraction of sp³-hybridized carbons (Fsp3) is 0.667. The second-order valence-electron chi connectivity index (χ2n) is 5.48. The van der Waals surface area contributed by atoms with Gasteiger partial charge in [0, 0.05) is 13.2 Å². The van der Waals surface area contributed by atoms with Crippen molar-refractivity contribution >= 4 is 0 Å². The predicted octanol–water partition coefficient (Wildman–Crippen LogP) is 4.71. The van der Waals surface area contributed by atoms with E-state index in [-0.39, 0.29) is 6.10 Å². The molecule has 0 aliphatic rings. The molecule has 2 nitrogen and oxygen atoms in total. The maximum atomic E-state index is 5.79. The summed E-state index contributed by atoms with van der Waals surface area (Å²) >= 11 is 0. The van der Waals surface area contributed by atoms with Gasteiger partial charge in [0.25, 0.3) is 0 Å². The van der Waals surface area contributed by atoms with E-state index in [1.165, 1.54) is 37.7 Å². The number of unbranched alkanes of at least 4 members (excludes halogenated alkanes) is 3. The van der Waals surface area contributed by atoms with Crippen molar-refractivity contribution in [3.05, 3.63) is 35.9 Å². The standard InChI is InChI=1S/C18H31NO/c1-4-6-7-11-14-17(19-15-5-2)18(20-3)16-12-9-8-10-13-16/h8-10,12-13,17-19H,4-7,11,14-15H2,1-3H3. The normalized spacial score (nSPS) is 14.2. The minimum absolute atomic E-state index is 0.157. The second kappa shape index (κ2) is 10.9. The zero-order chi connectivity index (χ0) is 14.6. The molecular formula is C18H31NO. The van der Waals surface area contributed by atoms with Gasteiger partial charge in [-0.2, -0.15) is 0 Å². The molecule has 0 aromatic heterocycles. The van der Waals surface area contributed by atoms with E-state index in [4.69, 9.17) is 4.74 Å². The maximum absolute atomic E-state index is 5.79. The molecule has 0 fully saturated rings. The molecule has 20 heavy (non-hydrogen) atoms. The van der Waals surface area contributed by atoms with E-state index in [0.717, 1.165) is 13.0 Å². The van der Waals surface area contributed by atoms with Crippen molar-refractivity contribution in [3.8, 4) is 0 Å². The van der Waals surface area contributed by atoms with Crippen LogP contribution in [0.15, 0.2) is 30.3 Å². The lowest BCUT2D eigenvalue weighted by Gasteiger charge is -2.27. The third kappa shape index (κ3) is 6.06. The summed E-state index contributed by atoms with van der Waals surface area (Å²) in [4.78, 5) is 0. The first-order valence-electron chi connectivity index (χ1n) is 8.14. The lowest BCUT2D eigenvalue weighted by Crippen LogP contribution is -2.36. The van der Waals surface area contributed by atoms with E-state index < -0.39 is 0 Å². The van der Waals surface area contributed by atoms with Gasteiger partial charge in [-0.25, -0.2) is 0 Å².